The second-order valence-corrected chi connectivity index (χ2v) is 8.83. The first-order valence-corrected chi connectivity index (χ1v) is 11.6. The molecule has 1 amide bonds. The van der Waals surface area contributed by atoms with Crippen LogP contribution in [-0.2, 0) is 23.8 Å². The monoisotopic (exact) mass is 422 g/mol. The Morgan fingerprint density at radius 1 is 1.20 bits per heavy atom. The Morgan fingerprint density at radius 3 is 2.77 bits per heavy atom. The number of carbonyl (C=O) groups excluding carboxylic acids is 2. The summed E-state index contributed by atoms with van der Waals surface area (Å²) < 4.78 is 16.9. The van der Waals surface area contributed by atoms with Gasteiger partial charge >= 0.3 is 5.97 Å². The van der Waals surface area contributed by atoms with Crippen LogP contribution in [0.25, 0.3) is 0 Å². The molecule has 2 fully saturated rings. The molecule has 0 radical (unpaired) electrons. The average molecular weight is 423 g/mol. The lowest BCUT2D eigenvalue weighted by atomic mass is 9.85. The molecule has 3 atom stereocenters. The van der Waals surface area contributed by atoms with Crippen LogP contribution < -0.4 is 5.32 Å². The quantitative estimate of drug-likeness (QED) is 0.407. The molecular weight excluding hydrogens is 384 g/mol. The van der Waals surface area contributed by atoms with Crippen LogP contribution in [0.1, 0.15) is 52.4 Å². The molecule has 1 heterocycles. The molecule has 1 aliphatic heterocycles. The molecule has 0 spiro atoms. The van der Waals surface area contributed by atoms with Gasteiger partial charge in [0.25, 0.3) is 0 Å². The van der Waals surface area contributed by atoms with Gasteiger partial charge in [0.2, 0.25) is 5.91 Å². The molecule has 0 aromatic carbocycles. The number of amides is 1. The number of hydrogen-bond acceptors (Lipinski definition) is 6. The first kappa shape index (κ1) is 23.2. The van der Waals surface area contributed by atoms with Crippen molar-refractivity contribution < 1.29 is 23.8 Å². The maximum absolute atomic E-state index is 12.2. The molecule has 30 heavy (non-hydrogen) atoms. The molecule has 1 unspecified atom stereocenters. The molecule has 0 aromatic heterocycles. The van der Waals surface area contributed by atoms with Gasteiger partial charge in [-0.15, -0.1) is 0 Å². The van der Waals surface area contributed by atoms with Gasteiger partial charge < -0.3 is 24.4 Å². The van der Waals surface area contributed by atoms with Crippen LogP contribution in [0.4, 0.5) is 0 Å². The van der Waals surface area contributed by atoms with Gasteiger partial charge in [-0.2, -0.15) is 0 Å². The highest BCUT2D eigenvalue weighted by atomic mass is 16.5. The van der Waals surface area contributed by atoms with E-state index in [0.717, 1.165) is 57.0 Å². The number of nitrogens with one attached hydrogen (secondary N) is 1. The molecule has 7 heteroatoms. The first-order chi connectivity index (χ1) is 14.5. The van der Waals surface area contributed by atoms with Gasteiger partial charge in [0, 0.05) is 44.2 Å². The van der Waals surface area contributed by atoms with Crippen molar-refractivity contribution in [2.75, 3.05) is 46.1 Å². The van der Waals surface area contributed by atoms with E-state index >= 15 is 0 Å². The van der Waals surface area contributed by atoms with Gasteiger partial charge in [-0.05, 0) is 57.9 Å². The number of carbonyl (C=O) groups is 2. The highest BCUT2D eigenvalue weighted by molar-refractivity contribution is 5.88. The molecule has 3 rings (SSSR count). The minimum absolute atomic E-state index is 0.0240. The van der Waals surface area contributed by atoms with E-state index in [0.29, 0.717) is 26.2 Å². The summed E-state index contributed by atoms with van der Waals surface area (Å²) in [5.74, 6) is 0.635. The lowest BCUT2D eigenvalue weighted by Gasteiger charge is -2.38. The highest BCUT2D eigenvalue weighted by Gasteiger charge is 2.31. The summed E-state index contributed by atoms with van der Waals surface area (Å²) in [6.07, 6.45) is 8.45. The third kappa shape index (κ3) is 7.67. The second kappa shape index (κ2) is 11.8. The Labute approximate surface area is 180 Å². The lowest BCUT2D eigenvalue weighted by molar-refractivity contribution is -0.138. The largest absolute Gasteiger partial charge is 0.463 e. The van der Waals surface area contributed by atoms with Gasteiger partial charge in [0.05, 0.1) is 25.9 Å². The molecule has 1 saturated heterocycles. The van der Waals surface area contributed by atoms with Crippen LogP contribution in [0.3, 0.4) is 0 Å². The van der Waals surface area contributed by atoms with Gasteiger partial charge in [0.1, 0.15) is 0 Å². The predicted molar refractivity (Wildman–Crippen MR) is 114 cm³/mol. The average Bonchev–Trinajstić information content (AvgIpc) is 3.53. The van der Waals surface area contributed by atoms with Gasteiger partial charge in [-0.1, -0.05) is 6.08 Å². The highest BCUT2D eigenvalue weighted by Crippen LogP contribution is 2.29. The van der Waals surface area contributed by atoms with Crippen LogP contribution in [-0.4, -0.2) is 75.0 Å². The SMILES string of the molecule is CCOC(=O)C1=CC(CN2CCC[C@H](OCCOCC3CC3)C2)[C@H](NC(C)=O)CC1. The maximum atomic E-state index is 12.2. The fourth-order valence-corrected chi connectivity index (χ4v) is 4.42. The minimum Gasteiger partial charge on any atom is -0.463 e. The fraction of sp³-hybridized carbons (Fsp3) is 0.826. The molecule has 0 bridgehead atoms. The van der Waals surface area contributed by atoms with Gasteiger partial charge in [-0.3, -0.25) is 4.79 Å². The number of likely N-dealkylation sites (tertiary alicyclic amines) is 1. The molecule has 3 aliphatic rings. The van der Waals surface area contributed by atoms with E-state index in [1.807, 2.05) is 13.0 Å². The van der Waals surface area contributed by atoms with Crippen molar-refractivity contribution in [3.8, 4) is 0 Å². The number of piperidine rings is 1. The van der Waals surface area contributed by atoms with E-state index in [-0.39, 0.29) is 29.9 Å². The summed E-state index contributed by atoms with van der Waals surface area (Å²) >= 11 is 0. The normalized spacial score (nSPS) is 27.4. The number of rotatable bonds is 11. The number of hydrogen-bond donors (Lipinski definition) is 1. The van der Waals surface area contributed by atoms with Crippen molar-refractivity contribution in [3.05, 3.63) is 11.6 Å². The van der Waals surface area contributed by atoms with E-state index in [4.69, 9.17) is 14.2 Å². The lowest BCUT2D eigenvalue weighted by Crippen LogP contribution is -2.48. The van der Waals surface area contributed by atoms with Crippen LogP contribution >= 0.6 is 0 Å². The number of ether oxygens (including phenoxy) is 3. The second-order valence-electron chi connectivity index (χ2n) is 8.83. The van der Waals surface area contributed by atoms with E-state index in [1.165, 1.54) is 12.8 Å². The van der Waals surface area contributed by atoms with Crippen molar-refractivity contribution in [2.24, 2.45) is 11.8 Å². The molecule has 1 N–H and O–H groups in total. The standard InChI is InChI=1S/C23H38N2O5/c1-3-29-23(27)19-8-9-22(24-17(2)26)20(13-19)14-25-10-4-5-21(15-25)30-12-11-28-16-18-6-7-18/h13,18,20-22H,3-12,14-16H2,1-2H3,(H,24,26)/t20?,21-,22+/m0/s1. The zero-order valence-electron chi connectivity index (χ0n) is 18.6. The van der Waals surface area contributed by atoms with Crippen molar-refractivity contribution >= 4 is 11.9 Å². The van der Waals surface area contributed by atoms with Crippen LogP contribution in [0, 0.1) is 11.8 Å². The molecule has 1 saturated carbocycles. The summed E-state index contributed by atoms with van der Waals surface area (Å²) in [5, 5.41) is 3.08. The molecule has 7 nitrogen and oxygen atoms in total. The van der Waals surface area contributed by atoms with E-state index in [9.17, 15) is 9.59 Å². The van der Waals surface area contributed by atoms with Crippen molar-refractivity contribution in [1.29, 1.82) is 0 Å². The van der Waals surface area contributed by atoms with E-state index in [1.54, 1.807) is 6.92 Å². The number of nitrogens with zero attached hydrogens (tertiary/aromatic N) is 1. The number of esters is 1. The zero-order valence-corrected chi connectivity index (χ0v) is 18.6. The van der Waals surface area contributed by atoms with Gasteiger partial charge in [-0.25, -0.2) is 4.79 Å². The molecular formula is C23H38N2O5. The Hall–Kier alpha value is -1.44. The summed E-state index contributed by atoms with van der Waals surface area (Å²) in [6, 6.07) is 0.0535. The Morgan fingerprint density at radius 2 is 2.03 bits per heavy atom. The minimum atomic E-state index is -0.227. The van der Waals surface area contributed by atoms with Crippen molar-refractivity contribution in [2.45, 2.75) is 64.5 Å². The Bertz CT molecular complexity index is 604. The zero-order chi connectivity index (χ0) is 21.3. The van der Waals surface area contributed by atoms with Crippen molar-refractivity contribution in [3.63, 3.8) is 0 Å². The summed E-state index contributed by atoms with van der Waals surface area (Å²) in [6.45, 7) is 8.67. The first-order valence-electron chi connectivity index (χ1n) is 11.6. The molecule has 2 aliphatic carbocycles. The van der Waals surface area contributed by atoms with Crippen LogP contribution in [0.2, 0.25) is 0 Å². The summed E-state index contributed by atoms with van der Waals surface area (Å²) in [4.78, 5) is 26.3. The summed E-state index contributed by atoms with van der Waals surface area (Å²) in [7, 11) is 0. The topological polar surface area (TPSA) is 77.1 Å². The van der Waals surface area contributed by atoms with E-state index in [2.05, 4.69) is 10.2 Å². The van der Waals surface area contributed by atoms with Crippen molar-refractivity contribution in [1.82, 2.24) is 10.2 Å². The third-order valence-electron chi connectivity index (χ3n) is 6.15. The van der Waals surface area contributed by atoms with Crippen LogP contribution in [0.15, 0.2) is 11.6 Å². The predicted octanol–water partition coefficient (Wildman–Crippen LogP) is 2.30. The van der Waals surface area contributed by atoms with Crippen LogP contribution in [0.5, 0.6) is 0 Å². The molecule has 0 aromatic rings. The fourth-order valence-electron chi connectivity index (χ4n) is 4.42. The Balaban J connectivity index is 1.49. The Kier molecular flexibility index (Phi) is 9.15. The smallest absolute Gasteiger partial charge is 0.333 e. The maximum Gasteiger partial charge on any atom is 0.333 e. The van der Waals surface area contributed by atoms with Gasteiger partial charge in [0.15, 0.2) is 0 Å². The van der Waals surface area contributed by atoms with E-state index < -0.39 is 0 Å². The third-order valence-corrected chi connectivity index (χ3v) is 6.15. The summed E-state index contributed by atoms with van der Waals surface area (Å²) in [5.41, 5.74) is 0.737. The molecule has 170 valence electrons.